The molecule has 7 heteroatoms. The molecule has 1 amide bonds. The standard InChI is InChI=1S/C22H35N5O.HI/c1-3-23-22(24-13-12-21(28)27-14-8-7-9-19(27)2)26-17-15-25(16-18-26)20-10-5-4-6-11-20;/h4-6,10-11,19H,3,7-9,12-18H2,1-2H3,(H,23,24);1H. The maximum absolute atomic E-state index is 12.5. The fourth-order valence-electron chi connectivity index (χ4n) is 4.11. The molecular weight excluding hydrogens is 477 g/mol. The van der Waals surface area contributed by atoms with Crippen molar-refractivity contribution >= 4 is 41.5 Å². The van der Waals surface area contributed by atoms with Gasteiger partial charge in [0.1, 0.15) is 0 Å². The summed E-state index contributed by atoms with van der Waals surface area (Å²) in [6.07, 6.45) is 4.00. The summed E-state index contributed by atoms with van der Waals surface area (Å²) in [4.78, 5) is 24.1. The van der Waals surface area contributed by atoms with Gasteiger partial charge in [-0.1, -0.05) is 18.2 Å². The maximum atomic E-state index is 12.5. The monoisotopic (exact) mass is 513 g/mol. The van der Waals surface area contributed by atoms with E-state index in [1.807, 2.05) is 4.90 Å². The second-order valence-corrected chi connectivity index (χ2v) is 7.73. The third kappa shape index (κ3) is 6.76. The molecule has 0 aliphatic carbocycles. The highest BCUT2D eigenvalue weighted by Gasteiger charge is 2.23. The van der Waals surface area contributed by atoms with Gasteiger partial charge in [-0.2, -0.15) is 0 Å². The van der Waals surface area contributed by atoms with Gasteiger partial charge in [0.05, 0.1) is 6.54 Å². The number of nitrogens with zero attached hydrogens (tertiary/aromatic N) is 4. The third-order valence-electron chi connectivity index (χ3n) is 5.75. The van der Waals surface area contributed by atoms with Crippen LogP contribution in [0.1, 0.15) is 39.5 Å². The number of para-hydroxylation sites is 1. The maximum Gasteiger partial charge on any atom is 0.224 e. The summed E-state index contributed by atoms with van der Waals surface area (Å²) in [5, 5.41) is 3.40. The third-order valence-corrected chi connectivity index (χ3v) is 5.75. The fourth-order valence-corrected chi connectivity index (χ4v) is 4.11. The van der Waals surface area contributed by atoms with E-state index in [1.165, 1.54) is 12.1 Å². The molecule has 1 N–H and O–H groups in total. The predicted octanol–water partition coefficient (Wildman–Crippen LogP) is 3.18. The van der Waals surface area contributed by atoms with E-state index in [4.69, 9.17) is 4.99 Å². The predicted molar refractivity (Wildman–Crippen MR) is 131 cm³/mol. The molecule has 162 valence electrons. The number of nitrogens with one attached hydrogen (secondary N) is 1. The molecule has 3 rings (SSSR count). The summed E-state index contributed by atoms with van der Waals surface area (Å²) in [6.45, 7) is 10.4. The van der Waals surface area contributed by atoms with Crippen molar-refractivity contribution in [1.29, 1.82) is 0 Å². The van der Waals surface area contributed by atoms with Crippen LogP contribution in [0.5, 0.6) is 0 Å². The van der Waals surface area contributed by atoms with E-state index in [0.717, 1.165) is 58.1 Å². The van der Waals surface area contributed by atoms with Crippen LogP contribution in [0, 0.1) is 0 Å². The number of rotatable bonds is 5. The van der Waals surface area contributed by atoms with Gasteiger partial charge in [0.25, 0.3) is 0 Å². The van der Waals surface area contributed by atoms with Crippen LogP contribution in [0.3, 0.4) is 0 Å². The Morgan fingerprint density at radius 1 is 1.10 bits per heavy atom. The van der Waals surface area contributed by atoms with Crippen LogP contribution >= 0.6 is 24.0 Å². The number of piperidine rings is 1. The van der Waals surface area contributed by atoms with Gasteiger partial charge >= 0.3 is 0 Å². The van der Waals surface area contributed by atoms with Crippen LogP contribution in [-0.4, -0.2) is 73.5 Å². The lowest BCUT2D eigenvalue weighted by Gasteiger charge is -2.37. The van der Waals surface area contributed by atoms with E-state index < -0.39 is 0 Å². The number of guanidine groups is 1. The summed E-state index contributed by atoms with van der Waals surface area (Å²) in [5.41, 5.74) is 1.28. The number of halogens is 1. The van der Waals surface area contributed by atoms with Crippen LogP contribution in [0.2, 0.25) is 0 Å². The largest absolute Gasteiger partial charge is 0.368 e. The van der Waals surface area contributed by atoms with Crippen LogP contribution < -0.4 is 10.2 Å². The smallest absolute Gasteiger partial charge is 0.224 e. The highest BCUT2D eigenvalue weighted by molar-refractivity contribution is 14.0. The van der Waals surface area contributed by atoms with Crippen molar-refractivity contribution in [2.45, 2.75) is 45.6 Å². The first-order chi connectivity index (χ1) is 13.7. The van der Waals surface area contributed by atoms with E-state index in [0.29, 0.717) is 19.0 Å². The topological polar surface area (TPSA) is 51.2 Å². The molecule has 2 fully saturated rings. The number of likely N-dealkylation sites (tertiary alicyclic amines) is 1. The second-order valence-electron chi connectivity index (χ2n) is 7.73. The van der Waals surface area contributed by atoms with E-state index in [9.17, 15) is 4.79 Å². The Labute approximate surface area is 192 Å². The Bertz CT molecular complexity index is 646. The molecular formula is C22H36IN5O. The number of piperazine rings is 1. The first-order valence-electron chi connectivity index (χ1n) is 10.8. The van der Waals surface area contributed by atoms with Gasteiger partial charge in [0.15, 0.2) is 5.96 Å². The first-order valence-corrected chi connectivity index (χ1v) is 10.8. The van der Waals surface area contributed by atoms with E-state index >= 15 is 0 Å². The summed E-state index contributed by atoms with van der Waals surface area (Å²) in [7, 11) is 0. The molecule has 0 aromatic heterocycles. The van der Waals surface area contributed by atoms with Gasteiger partial charge in [0.2, 0.25) is 5.91 Å². The summed E-state index contributed by atoms with van der Waals surface area (Å²) in [5.74, 6) is 1.19. The van der Waals surface area contributed by atoms with E-state index in [-0.39, 0.29) is 29.9 Å². The Hall–Kier alpha value is -1.51. The molecule has 0 spiro atoms. The summed E-state index contributed by atoms with van der Waals surface area (Å²) < 4.78 is 0. The Morgan fingerprint density at radius 2 is 1.83 bits per heavy atom. The molecule has 1 aromatic rings. The Morgan fingerprint density at radius 3 is 2.48 bits per heavy atom. The molecule has 0 radical (unpaired) electrons. The van der Waals surface area contributed by atoms with Crippen LogP contribution in [-0.2, 0) is 4.79 Å². The minimum absolute atomic E-state index is 0. The highest BCUT2D eigenvalue weighted by Crippen LogP contribution is 2.18. The van der Waals surface area contributed by atoms with Gasteiger partial charge in [-0.3, -0.25) is 9.79 Å². The van der Waals surface area contributed by atoms with Gasteiger partial charge in [-0.05, 0) is 45.2 Å². The lowest BCUT2D eigenvalue weighted by atomic mass is 10.0. The van der Waals surface area contributed by atoms with Crippen molar-refractivity contribution in [1.82, 2.24) is 15.1 Å². The van der Waals surface area contributed by atoms with Crippen LogP contribution in [0.4, 0.5) is 5.69 Å². The molecule has 1 unspecified atom stereocenters. The van der Waals surface area contributed by atoms with Crippen molar-refractivity contribution < 1.29 is 4.79 Å². The number of carbonyl (C=O) groups excluding carboxylic acids is 1. The number of carbonyl (C=O) groups is 1. The van der Waals surface area contributed by atoms with Gasteiger partial charge < -0.3 is 20.0 Å². The molecule has 2 aliphatic heterocycles. The molecule has 2 aliphatic rings. The molecule has 0 saturated carbocycles. The van der Waals surface area contributed by atoms with E-state index in [2.05, 4.69) is 59.3 Å². The number of benzene rings is 1. The quantitative estimate of drug-likeness (QED) is 0.374. The lowest BCUT2D eigenvalue weighted by molar-refractivity contribution is -0.134. The zero-order valence-corrected chi connectivity index (χ0v) is 20.2. The van der Waals surface area contributed by atoms with Crippen LogP contribution in [0.15, 0.2) is 35.3 Å². The molecule has 29 heavy (non-hydrogen) atoms. The van der Waals surface area contributed by atoms with Crippen LogP contribution in [0.25, 0.3) is 0 Å². The summed E-state index contributed by atoms with van der Waals surface area (Å²) >= 11 is 0. The molecule has 1 aromatic carbocycles. The highest BCUT2D eigenvalue weighted by atomic mass is 127. The van der Waals surface area contributed by atoms with Gasteiger partial charge in [-0.25, -0.2) is 0 Å². The summed E-state index contributed by atoms with van der Waals surface area (Å²) in [6, 6.07) is 11.0. The van der Waals surface area contributed by atoms with Crippen molar-refractivity contribution in [3.05, 3.63) is 30.3 Å². The van der Waals surface area contributed by atoms with E-state index in [1.54, 1.807) is 0 Å². The Kier molecular flexibility index (Phi) is 10.0. The zero-order chi connectivity index (χ0) is 19.8. The zero-order valence-electron chi connectivity index (χ0n) is 17.8. The first kappa shape index (κ1) is 23.8. The van der Waals surface area contributed by atoms with Crippen molar-refractivity contribution in [3.8, 4) is 0 Å². The van der Waals surface area contributed by atoms with Crippen molar-refractivity contribution in [2.24, 2.45) is 4.99 Å². The minimum atomic E-state index is 0. The minimum Gasteiger partial charge on any atom is -0.368 e. The number of anilines is 1. The fraction of sp³-hybridized carbons (Fsp3) is 0.636. The Balaban J connectivity index is 0.00000300. The SMILES string of the molecule is CCNC(=NCCC(=O)N1CCCCC1C)N1CCN(c2ccccc2)CC1.I. The van der Waals surface area contributed by atoms with Gasteiger partial charge in [-0.15, -0.1) is 24.0 Å². The number of amides is 1. The molecule has 0 bridgehead atoms. The number of hydrogen-bond donors (Lipinski definition) is 1. The lowest BCUT2D eigenvalue weighted by Crippen LogP contribution is -2.52. The number of hydrogen-bond acceptors (Lipinski definition) is 3. The molecule has 2 heterocycles. The average molecular weight is 513 g/mol. The molecule has 1 atom stereocenters. The molecule has 6 nitrogen and oxygen atoms in total. The van der Waals surface area contributed by atoms with Crippen molar-refractivity contribution in [3.63, 3.8) is 0 Å². The number of aliphatic imine (C=N–C) groups is 1. The van der Waals surface area contributed by atoms with Gasteiger partial charge in [0, 0.05) is 57.4 Å². The normalized spacial score (nSPS) is 20.3. The average Bonchev–Trinajstić information content (AvgIpc) is 2.74. The second kappa shape index (κ2) is 12.2. The van der Waals surface area contributed by atoms with Crippen molar-refractivity contribution in [2.75, 3.05) is 50.7 Å². The molecule has 2 saturated heterocycles.